The summed E-state index contributed by atoms with van der Waals surface area (Å²) in [7, 11) is 0. The van der Waals surface area contributed by atoms with Gasteiger partial charge in [-0.25, -0.2) is 4.98 Å². The molecule has 0 bridgehead atoms. The SMILES string of the molecule is Cc1cc(-c2nc(-c3ccc(NCC(C)C)c([N+](=O)[O-])c3)n[nH]2)ccn1. The summed E-state index contributed by atoms with van der Waals surface area (Å²) in [5, 5.41) is 21.6. The van der Waals surface area contributed by atoms with E-state index in [1.54, 1.807) is 18.3 Å². The molecule has 0 unspecified atom stereocenters. The van der Waals surface area contributed by atoms with E-state index in [0.717, 1.165) is 11.3 Å². The highest BCUT2D eigenvalue weighted by Gasteiger charge is 2.17. The lowest BCUT2D eigenvalue weighted by Gasteiger charge is -2.09. The fourth-order valence-electron chi connectivity index (χ4n) is 2.50. The molecule has 8 heteroatoms. The van der Waals surface area contributed by atoms with Crippen LogP contribution in [-0.4, -0.2) is 31.6 Å². The Morgan fingerprint density at radius 1 is 1.23 bits per heavy atom. The van der Waals surface area contributed by atoms with Crippen molar-refractivity contribution in [3.8, 4) is 22.8 Å². The molecule has 8 nitrogen and oxygen atoms in total. The normalized spacial score (nSPS) is 10.9. The van der Waals surface area contributed by atoms with Gasteiger partial charge in [-0.3, -0.25) is 20.2 Å². The number of aromatic amines is 1. The first kappa shape index (κ1) is 17.5. The van der Waals surface area contributed by atoms with Crippen molar-refractivity contribution in [1.29, 1.82) is 0 Å². The van der Waals surface area contributed by atoms with E-state index in [0.29, 0.717) is 35.4 Å². The fourth-order valence-corrected chi connectivity index (χ4v) is 2.50. The Morgan fingerprint density at radius 2 is 2.04 bits per heavy atom. The van der Waals surface area contributed by atoms with Crippen molar-refractivity contribution < 1.29 is 4.92 Å². The smallest absolute Gasteiger partial charge is 0.293 e. The monoisotopic (exact) mass is 352 g/mol. The number of anilines is 1. The van der Waals surface area contributed by atoms with Crippen molar-refractivity contribution in [1.82, 2.24) is 20.2 Å². The van der Waals surface area contributed by atoms with Gasteiger partial charge in [-0.2, -0.15) is 5.10 Å². The van der Waals surface area contributed by atoms with Crippen molar-refractivity contribution in [3.05, 3.63) is 52.3 Å². The second-order valence-electron chi connectivity index (χ2n) is 6.46. The van der Waals surface area contributed by atoms with Gasteiger partial charge in [-0.1, -0.05) is 13.8 Å². The number of hydrogen-bond donors (Lipinski definition) is 2. The van der Waals surface area contributed by atoms with Crippen LogP contribution in [0.15, 0.2) is 36.5 Å². The van der Waals surface area contributed by atoms with E-state index < -0.39 is 4.92 Å². The van der Waals surface area contributed by atoms with Crippen molar-refractivity contribution >= 4 is 11.4 Å². The number of nitro groups is 1. The second kappa shape index (κ2) is 7.30. The first-order valence-electron chi connectivity index (χ1n) is 8.32. The highest BCUT2D eigenvalue weighted by atomic mass is 16.6. The topological polar surface area (TPSA) is 110 Å². The molecule has 0 aliphatic carbocycles. The zero-order chi connectivity index (χ0) is 18.7. The predicted molar refractivity (Wildman–Crippen MR) is 99.8 cm³/mol. The maximum atomic E-state index is 11.4. The van der Waals surface area contributed by atoms with Gasteiger partial charge in [-0.05, 0) is 37.1 Å². The first-order chi connectivity index (χ1) is 12.4. The summed E-state index contributed by atoms with van der Waals surface area (Å²) in [5.41, 5.74) is 2.82. The molecule has 0 amide bonds. The van der Waals surface area contributed by atoms with Crippen LogP contribution < -0.4 is 5.32 Å². The van der Waals surface area contributed by atoms with Crippen molar-refractivity contribution in [2.24, 2.45) is 5.92 Å². The molecule has 3 aromatic rings. The van der Waals surface area contributed by atoms with Crippen molar-refractivity contribution in [2.75, 3.05) is 11.9 Å². The van der Waals surface area contributed by atoms with Gasteiger partial charge in [0.05, 0.1) is 4.92 Å². The summed E-state index contributed by atoms with van der Waals surface area (Å²) >= 11 is 0. The highest BCUT2D eigenvalue weighted by molar-refractivity contribution is 5.71. The zero-order valence-corrected chi connectivity index (χ0v) is 14.9. The third-order valence-electron chi connectivity index (χ3n) is 3.81. The van der Waals surface area contributed by atoms with Crippen LogP contribution in [0.4, 0.5) is 11.4 Å². The van der Waals surface area contributed by atoms with Crippen LogP contribution in [0.5, 0.6) is 0 Å². The van der Waals surface area contributed by atoms with E-state index >= 15 is 0 Å². The summed E-state index contributed by atoms with van der Waals surface area (Å²) in [4.78, 5) is 19.6. The maximum Gasteiger partial charge on any atom is 0.293 e. The molecular weight excluding hydrogens is 332 g/mol. The number of pyridine rings is 1. The van der Waals surface area contributed by atoms with Crippen molar-refractivity contribution in [2.45, 2.75) is 20.8 Å². The molecule has 3 rings (SSSR count). The lowest BCUT2D eigenvalue weighted by Crippen LogP contribution is -2.09. The molecule has 0 aliphatic rings. The van der Waals surface area contributed by atoms with Gasteiger partial charge in [-0.15, -0.1) is 0 Å². The van der Waals surface area contributed by atoms with E-state index in [4.69, 9.17) is 0 Å². The third-order valence-corrected chi connectivity index (χ3v) is 3.81. The summed E-state index contributed by atoms with van der Waals surface area (Å²) in [6, 6.07) is 8.70. The van der Waals surface area contributed by atoms with Crippen LogP contribution in [0.25, 0.3) is 22.8 Å². The Labute approximate surface area is 150 Å². The van der Waals surface area contributed by atoms with E-state index in [1.165, 1.54) is 6.07 Å². The number of hydrogen-bond acceptors (Lipinski definition) is 6. The highest BCUT2D eigenvalue weighted by Crippen LogP contribution is 2.30. The molecule has 1 aromatic carbocycles. The standard InChI is InChI=1S/C18H20N6O2/c1-11(2)10-20-15-5-4-13(9-16(15)24(25)26)17-21-18(23-22-17)14-6-7-19-12(3)8-14/h4-9,11,20H,10H2,1-3H3,(H,21,22,23). The lowest BCUT2D eigenvalue weighted by molar-refractivity contribution is -0.383. The van der Waals surface area contributed by atoms with Gasteiger partial charge in [0.25, 0.3) is 5.69 Å². The predicted octanol–water partition coefficient (Wildman–Crippen LogP) is 3.82. The Morgan fingerprint density at radius 3 is 2.73 bits per heavy atom. The van der Waals surface area contributed by atoms with E-state index in [2.05, 4.69) is 25.5 Å². The van der Waals surface area contributed by atoms with Gasteiger partial charge in [0, 0.05) is 35.6 Å². The van der Waals surface area contributed by atoms with Gasteiger partial charge >= 0.3 is 0 Å². The summed E-state index contributed by atoms with van der Waals surface area (Å²) < 4.78 is 0. The average Bonchev–Trinajstić information content (AvgIpc) is 3.10. The molecule has 0 atom stereocenters. The van der Waals surface area contributed by atoms with Crippen molar-refractivity contribution in [3.63, 3.8) is 0 Å². The summed E-state index contributed by atoms with van der Waals surface area (Å²) in [6.07, 6.45) is 1.70. The van der Waals surface area contributed by atoms with Gasteiger partial charge in [0.1, 0.15) is 5.69 Å². The van der Waals surface area contributed by atoms with Crippen LogP contribution in [-0.2, 0) is 0 Å². The van der Waals surface area contributed by atoms with E-state index in [1.807, 2.05) is 32.9 Å². The number of nitro benzene ring substituents is 1. The number of aryl methyl sites for hydroxylation is 1. The number of aromatic nitrogens is 4. The van der Waals surface area contributed by atoms with Crippen LogP contribution >= 0.6 is 0 Å². The molecule has 0 saturated heterocycles. The maximum absolute atomic E-state index is 11.4. The number of nitrogens with one attached hydrogen (secondary N) is 2. The Bertz CT molecular complexity index is 935. The van der Waals surface area contributed by atoms with Crippen LogP contribution in [0.3, 0.4) is 0 Å². The third kappa shape index (κ3) is 3.85. The molecule has 0 aliphatic heterocycles. The van der Waals surface area contributed by atoms with E-state index in [9.17, 15) is 10.1 Å². The minimum atomic E-state index is -0.397. The fraction of sp³-hybridized carbons (Fsp3) is 0.278. The molecule has 2 heterocycles. The van der Waals surface area contributed by atoms with Gasteiger partial charge in [0.15, 0.2) is 11.6 Å². The number of nitrogens with zero attached hydrogens (tertiary/aromatic N) is 4. The average molecular weight is 352 g/mol. The van der Waals surface area contributed by atoms with Crippen LogP contribution in [0.1, 0.15) is 19.5 Å². The van der Waals surface area contributed by atoms with Gasteiger partial charge < -0.3 is 5.32 Å². The number of benzene rings is 1. The molecule has 134 valence electrons. The molecule has 0 radical (unpaired) electrons. The molecule has 2 aromatic heterocycles. The minimum Gasteiger partial charge on any atom is -0.379 e. The van der Waals surface area contributed by atoms with Crippen LogP contribution in [0, 0.1) is 23.0 Å². The molecule has 0 saturated carbocycles. The number of H-pyrrole nitrogens is 1. The molecule has 26 heavy (non-hydrogen) atoms. The summed E-state index contributed by atoms with van der Waals surface area (Å²) in [5.74, 6) is 1.39. The second-order valence-corrected chi connectivity index (χ2v) is 6.46. The number of rotatable bonds is 6. The Kier molecular flexibility index (Phi) is 4.92. The zero-order valence-electron chi connectivity index (χ0n) is 14.9. The summed E-state index contributed by atoms with van der Waals surface area (Å²) in [6.45, 7) is 6.64. The molecule has 0 spiro atoms. The molecule has 2 N–H and O–H groups in total. The van der Waals surface area contributed by atoms with E-state index in [-0.39, 0.29) is 5.69 Å². The Balaban J connectivity index is 1.92. The first-order valence-corrected chi connectivity index (χ1v) is 8.32. The lowest BCUT2D eigenvalue weighted by atomic mass is 10.1. The largest absolute Gasteiger partial charge is 0.379 e. The quantitative estimate of drug-likeness (QED) is 0.515. The molecular formula is C18H20N6O2. The van der Waals surface area contributed by atoms with Gasteiger partial charge in [0.2, 0.25) is 0 Å². The minimum absolute atomic E-state index is 0.00857. The Hall–Kier alpha value is -3.29. The van der Waals surface area contributed by atoms with Crippen LogP contribution in [0.2, 0.25) is 0 Å². The molecule has 0 fully saturated rings.